The summed E-state index contributed by atoms with van der Waals surface area (Å²) < 4.78 is 0. The Morgan fingerprint density at radius 1 is 1.00 bits per heavy atom. The largest absolute Gasteiger partial charge is 0.380 e. The van der Waals surface area contributed by atoms with Crippen molar-refractivity contribution in [2.45, 2.75) is 19.4 Å². The minimum Gasteiger partial charge on any atom is -0.380 e. The molecular weight excluding hydrogens is 322 g/mol. The molecule has 1 aliphatic heterocycles. The number of aryl methyl sites for hydroxylation is 1. The second kappa shape index (κ2) is 7.00. The number of rotatable bonds is 4. The molecule has 3 aromatic rings. The summed E-state index contributed by atoms with van der Waals surface area (Å²) in [6.07, 6.45) is 5.10. The molecule has 26 heavy (non-hydrogen) atoms. The molecule has 1 aliphatic rings. The van der Waals surface area contributed by atoms with Gasteiger partial charge in [0.15, 0.2) is 0 Å². The number of amides is 1. The maximum absolute atomic E-state index is 11.9. The van der Waals surface area contributed by atoms with Crippen LogP contribution in [0.2, 0.25) is 0 Å². The van der Waals surface area contributed by atoms with Gasteiger partial charge in [-0.3, -0.25) is 9.78 Å². The molecule has 0 bridgehead atoms. The highest BCUT2D eigenvalue weighted by Crippen LogP contribution is 2.31. The highest BCUT2D eigenvalue weighted by Gasteiger charge is 2.20. The zero-order valence-electron chi connectivity index (χ0n) is 14.8. The van der Waals surface area contributed by atoms with E-state index < -0.39 is 0 Å². The zero-order valence-corrected chi connectivity index (χ0v) is 14.8. The van der Waals surface area contributed by atoms with Gasteiger partial charge < -0.3 is 10.2 Å². The number of hydrogen-bond acceptors (Lipinski definition) is 3. The molecule has 0 saturated carbocycles. The molecule has 2 aromatic carbocycles. The summed E-state index contributed by atoms with van der Waals surface area (Å²) in [5.41, 5.74) is 6.66. The summed E-state index contributed by atoms with van der Waals surface area (Å²) >= 11 is 0. The van der Waals surface area contributed by atoms with E-state index >= 15 is 0 Å². The molecule has 4 nitrogen and oxygen atoms in total. The van der Waals surface area contributed by atoms with E-state index in [1.807, 2.05) is 43.7 Å². The van der Waals surface area contributed by atoms with Crippen molar-refractivity contribution in [1.82, 2.24) is 4.98 Å². The Morgan fingerprint density at radius 3 is 2.69 bits per heavy atom. The van der Waals surface area contributed by atoms with Crippen molar-refractivity contribution in [3.63, 3.8) is 0 Å². The summed E-state index contributed by atoms with van der Waals surface area (Å²) in [5.74, 6) is 0.180. The van der Waals surface area contributed by atoms with Gasteiger partial charge >= 0.3 is 0 Å². The Hall–Kier alpha value is -3.14. The summed E-state index contributed by atoms with van der Waals surface area (Å²) in [5, 5.41) is 3.43. The Morgan fingerprint density at radius 2 is 1.85 bits per heavy atom. The van der Waals surface area contributed by atoms with Crippen LogP contribution >= 0.6 is 0 Å². The molecule has 4 heteroatoms. The standard InChI is InChI=1S/C22H21N3O/c1-25-21-9-7-17(11-18(21)8-10-22(25)26)19-12-20(15-23-14-19)24-13-16-5-3-2-4-6-16/h2-7,9,11-12,14-15,24H,8,10,13H2,1H3. The van der Waals surface area contributed by atoms with Crippen LogP contribution in [0.4, 0.5) is 11.4 Å². The number of carbonyl (C=O) groups is 1. The van der Waals surface area contributed by atoms with Gasteiger partial charge in [-0.25, -0.2) is 0 Å². The number of fused-ring (bicyclic) bond motifs is 1. The molecule has 0 spiro atoms. The number of hydrogen-bond donors (Lipinski definition) is 1. The Bertz CT molecular complexity index is 937. The SMILES string of the molecule is CN1C(=O)CCc2cc(-c3cncc(NCc4ccccc4)c3)ccc21. The fourth-order valence-electron chi connectivity index (χ4n) is 3.33. The van der Waals surface area contributed by atoms with E-state index in [-0.39, 0.29) is 5.91 Å². The summed E-state index contributed by atoms with van der Waals surface area (Å²) in [7, 11) is 1.84. The lowest BCUT2D eigenvalue weighted by molar-refractivity contribution is -0.118. The number of nitrogens with one attached hydrogen (secondary N) is 1. The van der Waals surface area contributed by atoms with Crippen molar-refractivity contribution >= 4 is 17.3 Å². The van der Waals surface area contributed by atoms with E-state index in [0.717, 1.165) is 35.5 Å². The van der Waals surface area contributed by atoms with E-state index in [1.54, 1.807) is 4.90 Å². The first-order valence-electron chi connectivity index (χ1n) is 8.83. The maximum atomic E-state index is 11.9. The summed E-state index contributed by atoms with van der Waals surface area (Å²) in [6, 6.07) is 18.7. The summed E-state index contributed by atoms with van der Waals surface area (Å²) in [4.78, 5) is 18.0. The molecule has 0 fully saturated rings. The van der Waals surface area contributed by atoms with Crippen LogP contribution in [0.15, 0.2) is 67.0 Å². The highest BCUT2D eigenvalue weighted by atomic mass is 16.2. The van der Waals surface area contributed by atoms with Gasteiger partial charge in [-0.15, -0.1) is 0 Å². The Kier molecular flexibility index (Phi) is 4.40. The van der Waals surface area contributed by atoms with Gasteiger partial charge in [-0.2, -0.15) is 0 Å². The third-order valence-electron chi connectivity index (χ3n) is 4.83. The lowest BCUT2D eigenvalue weighted by Gasteiger charge is -2.26. The first-order valence-corrected chi connectivity index (χ1v) is 8.83. The van der Waals surface area contributed by atoms with E-state index in [9.17, 15) is 4.79 Å². The molecule has 1 amide bonds. The third kappa shape index (κ3) is 3.31. The first-order chi connectivity index (χ1) is 12.7. The van der Waals surface area contributed by atoms with E-state index in [2.05, 4.69) is 40.6 Å². The second-order valence-electron chi connectivity index (χ2n) is 6.60. The normalized spacial score (nSPS) is 13.4. The van der Waals surface area contributed by atoms with Crippen LogP contribution in [0.25, 0.3) is 11.1 Å². The number of benzene rings is 2. The average molecular weight is 343 g/mol. The molecule has 0 unspecified atom stereocenters. The molecule has 130 valence electrons. The number of aromatic nitrogens is 1. The minimum atomic E-state index is 0.180. The van der Waals surface area contributed by atoms with Gasteiger partial charge in [-0.05, 0) is 41.3 Å². The molecule has 1 N–H and O–H groups in total. The molecule has 1 aromatic heterocycles. The van der Waals surface area contributed by atoms with Crippen molar-refractivity contribution in [3.8, 4) is 11.1 Å². The van der Waals surface area contributed by atoms with E-state index in [1.165, 1.54) is 11.1 Å². The number of carbonyl (C=O) groups excluding carboxylic acids is 1. The lowest BCUT2D eigenvalue weighted by Crippen LogP contribution is -2.30. The summed E-state index contributed by atoms with van der Waals surface area (Å²) in [6.45, 7) is 0.767. The number of anilines is 2. The van der Waals surface area contributed by atoms with Crippen LogP contribution in [-0.2, 0) is 17.8 Å². The van der Waals surface area contributed by atoms with Crippen LogP contribution in [0.5, 0.6) is 0 Å². The molecule has 0 saturated heterocycles. The van der Waals surface area contributed by atoms with Crippen LogP contribution in [0.1, 0.15) is 17.5 Å². The fourth-order valence-corrected chi connectivity index (χ4v) is 3.33. The van der Waals surface area contributed by atoms with E-state index in [4.69, 9.17) is 0 Å². The van der Waals surface area contributed by atoms with Crippen LogP contribution < -0.4 is 10.2 Å². The lowest BCUT2D eigenvalue weighted by atomic mass is 9.96. The average Bonchev–Trinajstić information content (AvgIpc) is 2.70. The van der Waals surface area contributed by atoms with Gasteiger partial charge in [0, 0.05) is 43.7 Å². The van der Waals surface area contributed by atoms with Crippen LogP contribution in [0.3, 0.4) is 0 Å². The molecule has 0 atom stereocenters. The van der Waals surface area contributed by atoms with Crippen molar-refractivity contribution < 1.29 is 4.79 Å². The Balaban J connectivity index is 1.56. The predicted octanol–water partition coefficient (Wildman–Crippen LogP) is 4.27. The van der Waals surface area contributed by atoms with E-state index in [0.29, 0.717) is 6.42 Å². The van der Waals surface area contributed by atoms with Gasteiger partial charge in [0.05, 0.1) is 5.69 Å². The van der Waals surface area contributed by atoms with Gasteiger partial charge in [0.1, 0.15) is 0 Å². The smallest absolute Gasteiger partial charge is 0.227 e. The van der Waals surface area contributed by atoms with Gasteiger partial charge in [0.25, 0.3) is 0 Å². The molecule has 0 radical (unpaired) electrons. The number of nitrogens with zero attached hydrogens (tertiary/aromatic N) is 2. The molecule has 4 rings (SSSR count). The van der Waals surface area contributed by atoms with Crippen LogP contribution in [-0.4, -0.2) is 17.9 Å². The third-order valence-corrected chi connectivity index (χ3v) is 4.83. The van der Waals surface area contributed by atoms with Crippen molar-refractivity contribution in [2.24, 2.45) is 0 Å². The second-order valence-corrected chi connectivity index (χ2v) is 6.60. The number of pyridine rings is 1. The van der Waals surface area contributed by atoms with Crippen LogP contribution in [0, 0.1) is 0 Å². The predicted molar refractivity (Wildman–Crippen MR) is 105 cm³/mol. The van der Waals surface area contributed by atoms with Gasteiger partial charge in [-0.1, -0.05) is 36.4 Å². The Labute approximate surface area is 153 Å². The van der Waals surface area contributed by atoms with Crippen molar-refractivity contribution in [2.75, 3.05) is 17.3 Å². The van der Waals surface area contributed by atoms with Crippen molar-refractivity contribution in [3.05, 3.63) is 78.1 Å². The zero-order chi connectivity index (χ0) is 17.9. The molecular formula is C22H21N3O. The molecule has 2 heterocycles. The fraction of sp³-hybridized carbons (Fsp3) is 0.182. The van der Waals surface area contributed by atoms with Gasteiger partial charge in [0.2, 0.25) is 5.91 Å². The minimum absolute atomic E-state index is 0.180. The first kappa shape index (κ1) is 16.3. The quantitative estimate of drug-likeness (QED) is 0.769. The topological polar surface area (TPSA) is 45.2 Å². The maximum Gasteiger partial charge on any atom is 0.227 e. The van der Waals surface area contributed by atoms with Crippen molar-refractivity contribution in [1.29, 1.82) is 0 Å². The molecule has 0 aliphatic carbocycles. The highest BCUT2D eigenvalue weighted by molar-refractivity contribution is 5.96. The monoisotopic (exact) mass is 343 g/mol.